The number of nitrogens with one attached hydrogen (secondary N) is 1. The highest BCUT2D eigenvalue weighted by atomic mass is 16.7. The highest BCUT2D eigenvalue weighted by Gasteiger charge is 2.19. The molecular formula is C5H9NO3. The van der Waals surface area contributed by atoms with E-state index in [4.69, 9.17) is 9.57 Å². The van der Waals surface area contributed by atoms with E-state index in [9.17, 15) is 4.79 Å². The Morgan fingerprint density at radius 3 is 2.78 bits per heavy atom. The lowest BCUT2D eigenvalue weighted by Gasteiger charge is -2.24. The first kappa shape index (κ1) is 6.51. The molecule has 4 nitrogen and oxygen atoms in total. The maximum atomic E-state index is 10.2. The molecule has 1 heterocycles. The van der Waals surface area contributed by atoms with Gasteiger partial charge >= 0.3 is 0 Å². The van der Waals surface area contributed by atoms with Crippen molar-refractivity contribution >= 4 is 5.91 Å². The Balaban J connectivity index is 1.97. The van der Waals surface area contributed by atoms with Gasteiger partial charge in [-0.3, -0.25) is 9.63 Å². The van der Waals surface area contributed by atoms with Crippen molar-refractivity contribution in [2.75, 3.05) is 13.2 Å². The van der Waals surface area contributed by atoms with Gasteiger partial charge in [-0.15, -0.1) is 0 Å². The van der Waals surface area contributed by atoms with E-state index < -0.39 is 0 Å². The average molecular weight is 131 g/mol. The molecule has 1 rings (SSSR count). The van der Waals surface area contributed by atoms with Crippen molar-refractivity contribution in [1.29, 1.82) is 0 Å². The second kappa shape index (κ2) is 2.80. The number of hydrogen-bond donors (Lipinski definition) is 1. The largest absolute Gasteiger partial charge is 0.376 e. The summed E-state index contributed by atoms with van der Waals surface area (Å²) in [6.45, 7) is 2.57. The number of hydrogen-bond acceptors (Lipinski definition) is 3. The minimum absolute atomic E-state index is 0.0638. The number of ether oxygens (including phenoxy) is 1. The van der Waals surface area contributed by atoms with Crippen molar-refractivity contribution in [3.05, 3.63) is 0 Å². The molecule has 0 saturated carbocycles. The third-order valence-corrected chi connectivity index (χ3v) is 0.977. The fourth-order valence-electron chi connectivity index (χ4n) is 0.448. The predicted molar refractivity (Wildman–Crippen MR) is 29.5 cm³/mol. The third kappa shape index (κ3) is 1.99. The minimum atomic E-state index is -0.179. The van der Waals surface area contributed by atoms with Crippen molar-refractivity contribution in [2.45, 2.75) is 13.0 Å². The molecule has 1 aliphatic rings. The van der Waals surface area contributed by atoms with E-state index in [2.05, 4.69) is 5.48 Å². The Hall–Kier alpha value is -0.610. The quantitative estimate of drug-likeness (QED) is 0.511. The first-order valence-corrected chi connectivity index (χ1v) is 2.79. The molecular weight excluding hydrogens is 122 g/mol. The van der Waals surface area contributed by atoms with Crippen molar-refractivity contribution in [3.63, 3.8) is 0 Å². The maximum Gasteiger partial charge on any atom is 0.240 e. The molecule has 9 heavy (non-hydrogen) atoms. The lowest BCUT2D eigenvalue weighted by molar-refractivity contribution is -0.172. The highest BCUT2D eigenvalue weighted by Crippen LogP contribution is 2.02. The zero-order chi connectivity index (χ0) is 6.69. The molecule has 0 radical (unpaired) electrons. The third-order valence-electron chi connectivity index (χ3n) is 0.977. The smallest absolute Gasteiger partial charge is 0.240 e. The molecule has 0 atom stereocenters. The second-order valence-corrected chi connectivity index (χ2v) is 1.94. The summed E-state index contributed by atoms with van der Waals surface area (Å²) < 4.78 is 4.79. The fraction of sp³-hybridized carbons (Fsp3) is 0.800. The lowest BCUT2D eigenvalue weighted by Crippen LogP contribution is -2.41. The maximum absolute atomic E-state index is 10.2. The SMILES string of the molecule is CC(=O)NOC1COC1. The van der Waals surface area contributed by atoms with Gasteiger partial charge in [-0.05, 0) is 0 Å². The van der Waals surface area contributed by atoms with E-state index in [-0.39, 0.29) is 12.0 Å². The summed E-state index contributed by atoms with van der Waals surface area (Å²) in [6.07, 6.45) is 0.0638. The number of amides is 1. The second-order valence-electron chi connectivity index (χ2n) is 1.94. The topological polar surface area (TPSA) is 47.6 Å². The van der Waals surface area contributed by atoms with Crippen molar-refractivity contribution < 1.29 is 14.4 Å². The first-order valence-electron chi connectivity index (χ1n) is 2.79. The van der Waals surface area contributed by atoms with Crippen LogP contribution in [0.2, 0.25) is 0 Å². The number of carbonyl (C=O) groups is 1. The van der Waals surface area contributed by atoms with E-state index in [0.29, 0.717) is 13.2 Å². The lowest BCUT2D eigenvalue weighted by atomic mass is 10.3. The van der Waals surface area contributed by atoms with Crippen LogP contribution in [0.1, 0.15) is 6.92 Å². The molecule has 1 fully saturated rings. The van der Waals surface area contributed by atoms with Crippen molar-refractivity contribution in [1.82, 2.24) is 5.48 Å². The molecule has 0 bridgehead atoms. The van der Waals surface area contributed by atoms with Crippen LogP contribution in [-0.4, -0.2) is 25.2 Å². The van der Waals surface area contributed by atoms with E-state index >= 15 is 0 Å². The summed E-state index contributed by atoms with van der Waals surface area (Å²) in [5, 5.41) is 0. The molecule has 1 saturated heterocycles. The van der Waals surface area contributed by atoms with Gasteiger partial charge in [0.15, 0.2) is 0 Å². The van der Waals surface area contributed by atoms with Gasteiger partial charge in [0.1, 0.15) is 6.10 Å². The zero-order valence-electron chi connectivity index (χ0n) is 5.22. The van der Waals surface area contributed by atoms with E-state index in [1.54, 1.807) is 0 Å². The van der Waals surface area contributed by atoms with Gasteiger partial charge < -0.3 is 4.74 Å². The van der Waals surface area contributed by atoms with Crippen LogP contribution >= 0.6 is 0 Å². The van der Waals surface area contributed by atoms with Gasteiger partial charge in [0, 0.05) is 6.92 Å². The van der Waals surface area contributed by atoms with Crippen LogP contribution in [0.4, 0.5) is 0 Å². The van der Waals surface area contributed by atoms with Crippen LogP contribution in [0.25, 0.3) is 0 Å². The summed E-state index contributed by atoms with van der Waals surface area (Å²) in [6, 6.07) is 0. The van der Waals surface area contributed by atoms with Crippen LogP contribution in [-0.2, 0) is 14.4 Å². The van der Waals surface area contributed by atoms with Crippen LogP contribution in [0.3, 0.4) is 0 Å². The number of hydroxylamine groups is 1. The Morgan fingerprint density at radius 2 is 2.44 bits per heavy atom. The predicted octanol–water partition coefficient (Wildman–Crippen LogP) is -0.547. The summed E-state index contributed by atoms with van der Waals surface area (Å²) in [5.41, 5.74) is 2.23. The molecule has 4 heteroatoms. The van der Waals surface area contributed by atoms with Gasteiger partial charge in [-0.2, -0.15) is 0 Å². The van der Waals surface area contributed by atoms with Crippen LogP contribution in [0, 0.1) is 0 Å². The van der Waals surface area contributed by atoms with E-state index in [1.165, 1.54) is 6.92 Å². The fourth-order valence-corrected chi connectivity index (χ4v) is 0.448. The average Bonchev–Trinajstić information content (AvgIpc) is 1.60. The van der Waals surface area contributed by atoms with Gasteiger partial charge in [0.2, 0.25) is 5.91 Å². The molecule has 0 unspecified atom stereocenters. The van der Waals surface area contributed by atoms with Crippen LogP contribution < -0.4 is 5.48 Å². The molecule has 1 N–H and O–H groups in total. The molecule has 0 aromatic rings. The Labute approximate surface area is 53.1 Å². The summed E-state index contributed by atoms with van der Waals surface area (Å²) in [4.78, 5) is 15.0. The standard InChI is InChI=1S/C5H9NO3/c1-4(7)6-9-5-2-8-3-5/h5H,2-3H2,1H3,(H,6,7). The Morgan fingerprint density at radius 1 is 1.78 bits per heavy atom. The Bertz CT molecular complexity index is 111. The van der Waals surface area contributed by atoms with Crippen LogP contribution in [0.15, 0.2) is 0 Å². The summed E-state index contributed by atoms with van der Waals surface area (Å²) >= 11 is 0. The molecule has 0 aliphatic carbocycles. The summed E-state index contributed by atoms with van der Waals surface area (Å²) in [7, 11) is 0. The van der Waals surface area contributed by atoms with Crippen LogP contribution in [0.5, 0.6) is 0 Å². The Kier molecular flexibility index (Phi) is 2.02. The number of rotatable bonds is 2. The van der Waals surface area contributed by atoms with E-state index in [1.807, 2.05) is 0 Å². The molecule has 1 aliphatic heterocycles. The molecule has 0 spiro atoms. The molecule has 0 aromatic carbocycles. The van der Waals surface area contributed by atoms with Crippen molar-refractivity contribution in [2.24, 2.45) is 0 Å². The number of carbonyl (C=O) groups excluding carboxylic acids is 1. The monoisotopic (exact) mass is 131 g/mol. The summed E-state index contributed by atoms with van der Waals surface area (Å²) in [5.74, 6) is -0.179. The minimum Gasteiger partial charge on any atom is -0.376 e. The first-order chi connectivity index (χ1) is 4.29. The van der Waals surface area contributed by atoms with Gasteiger partial charge in [-0.1, -0.05) is 0 Å². The molecule has 1 amide bonds. The molecule has 52 valence electrons. The zero-order valence-corrected chi connectivity index (χ0v) is 5.22. The van der Waals surface area contributed by atoms with Gasteiger partial charge in [0.05, 0.1) is 13.2 Å². The van der Waals surface area contributed by atoms with Gasteiger partial charge in [-0.25, -0.2) is 5.48 Å². The van der Waals surface area contributed by atoms with E-state index in [0.717, 1.165) is 0 Å². The molecule has 0 aromatic heterocycles. The highest BCUT2D eigenvalue weighted by molar-refractivity contribution is 5.71. The van der Waals surface area contributed by atoms with Crippen molar-refractivity contribution in [3.8, 4) is 0 Å². The normalized spacial score (nSPS) is 18.8. The van der Waals surface area contributed by atoms with Gasteiger partial charge in [0.25, 0.3) is 0 Å².